The monoisotopic (exact) mass is 545 g/mol. The van der Waals surface area contributed by atoms with E-state index in [0.29, 0.717) is 16.7 Å². The summed E-state index contributed by atoms with van der Waals surface area (Å²) in [5.41, 5.74) is -0.999. The van der Waals surface area contributed by atoms with E-state index in [1.165, 1.54) is 37.4 Å². The number of methoxy groups -OCH3 is 1. The summed E-state index contributed by atoms with van der Waals surface area (Å²) in [7, 11) is 1.31. The molecule has 0 aliphatic rings. The first-order valence-electron chi connectivity index (χ1n) is 8.83. The largest absolute Gasteiger partial charge is 0.493 e. The molecule has 0 saturated carbocycles. The summed E-state index contributed by atoms with van der Waals surface area (Å²) in [6, 6.07) is 8.62. The summed E-state index contributed by atoms with van der Waals surface area (Å²) in [6.45, 7) is 0. The molecule has 0 saturated heterocycles. The number of carbonyl (C=O) groups is 1. The lowest BCUT2D eigenvalue weighted by Gasteiger charge is -2.14. The Morgan fingerprint density at radius 1 is 1.18 bits per heavy atom. The second-order valence-corrected chi connectivity index (χ2v) is 7.61. The van der Waals surface area contributed by atoms with Crippen LogP contribution in [0.15, 0.2) is 53.1 Å². The van der Waals surface area contributed by atoms with E-state index in [4.69, 9.17) is 21.1 Å². The third-order valence-electron chi connectivity index (χ3n) is 4.17. The average molecular weight is 547 g/mol. The maximum atomic E-state index is 12.8. The zero-order valence-electron chi connectivity index (χ0n) is 16.4. The van der Waals surface area contributed by atoms with E-state index in [2.05, 4.69) is 26.2 Å². The van der Waals surface area contributed by atoms with Crippen LogP contribution < -0.4 is 14.8 Å². The number of anilines is 1. The summed E-state index contributed by atoms with van der Waals surface area (Å²) < 4.78 is 49.4. The zero-order valence-corrected chi connectivity index (χ0v) is 18.8. The average Bonchev–Trinajstić information content (AvgIpc) is 2.75. The lowest BCUT2D eigenvalue weighted by Crippen LogP contribution is -2.13. The normalized spacial score (nSPS) is 11.1. The molecule has 0 spiro atoms. The van der Waals surface area contributed by atoms with Crippen molar-refractivity contribution >= 4 is 44.8 Å². The molecule has 1 heterocycles. The molecule has 0 bridgehead atoms. The molecule has 3 rings (SSSR count). The van der Waals surface area contributed by atoms with Crippen molar-refractivity contribution < 1.29 is 32.4 Å². The molecule has 1 amide bonds. The van der Waals surface area contributed by atoms with Crippen molar-refractivity contribution in [2.75, 3.05) is 12.4 Å². The molecular weight excluding hydrogens is 535 g/mol. The molecule has 0 aliphatic carbocycles. The highest BCUT2D eigenvalue weighted by Gasteiger charge is 2.32. The number of hydrogen-bond acceptors (Lipinski definition) is 6. The number of ether oxygens (including phenoxy) is 2. The highest BCUT2D eigenvalue weighted by atomic mass is 79.9. The smallest absolute Gasteiger partial charge is 0.417 e. The molecule has 2 aromatic carbocycles. The van der Waals surface area contributed by atoms with Crippen LogP contribution in [0.2, 0.25) is 5.02 Å². The molecule has 1 aromatic heterocycles. The van der Waals surface area contributed by atoms with Gasteiger partial charge in [0, 0.05) is 34.6 Å². The molecular formula is C20H12BrClF3N3O5. The molecule has 1 N–H and O–H groups in total. The van der Waals surface area contributed by atoms with Crippen LogP contribution >= 0.6 is 27.5 Å². The second-order valence-electron chi connectivity index (χ2n) is 6.35. The van der Waals surface area contributed by atoms with Crippen molar-refractivity contribution in [1.82, 2.24) is 4.98 Å². The minimum Gasteiger partial charge on any atom is -0.493 e. The van der Waals surface area contributed by atoms with Crippen molar-refractivity contribution in [3.63, 3.8) is 0 Å². The number of carbonyl (C=O) groups excluding carboxylic acids is 1. The number of non-ortho nitro benzene ring substituents is 1. The number of hydrogen-bond donors (Lipinski definition) is 1. The quantitative estimate of drug-likeness (QED) is 0.280. The SMILES string of the molecule is COc1cc(NC(=O)c2cc([N+](=O)[O-])ccc2Br)ccc1Oc1ncc(C(F)(F)F)cc1Cl. The Kier molecular flexibility index (Phi) is 7.08. The third kappa shape index (κ3) is 5.71. The number of nitro benzene ring substituents is 1. The van der Waals surface area contributed by atoms with Gasteiger partial charge in [0.1, 0.15) is 5.02 Å². The van der Waals surface area contributed by atoms with Gasteiger partial charge in [0.15, 0.2) is 11.5 Å². The van der Waals surface area contributed by atoms with Gasteiger partial charge in [-0.2, -0.15) is 13.2 Å². The van der Waals surface area contributed by atoms with Crippen LogP contribution in [-0.4, -0.2) is 22.9 Å². The van der Waals surface area contributed by atoms with Gasteiger partial charge >= 0.3 is 6.18 Å². The van der Waals surface area contributed by atoms with Crippen LogP contribution in [0.1, 0.15) is 15.9 Å². The van der Waals surface area contributed by atoms with Crippen LogP contribution in [0, 0.1) is 10.1 Å². The minimum absolute atomic E-state index is 0.0317. The van der Waals surface area contributed by atoms with E-state index < -0.39 is 22.6 Å². The van der Waals surface area contributed by atoms with Gasteiger partial charge in [-0.25, -0.2) is 4.98 Å². The summed E-state index contributed by atoms with van der Waals surface area (Å²) in [4.78, 5) is 26.5. The number of benzene rings is 2. The van der Waals surface area contributed by atoms with E-state index in [-0.39, 0.29) is 39.3 Å². The van der Waals surface area contributed by atoms with E-state index in [1.54, 1.807) is 0 Å². The molecule has 172 valence electrons. The molecule has 33 heavy (non-hydrogen) atoms. The van der Waals surface area contributed by atoms with Crippen molar-refractivity contribution in [2.45, 2.75) is 6.18 Å². The van der Waals surface area contributed by atoms with Crippen LogP contribution in [0.5, 0.6) is 17.4 Å². The van der Waals surface area contributed by atoms with Gasteiger partial charge in [-0.05, 0) is 40.2 Å². The lowest BCUT2D eigenvalue weighted by molar-refractivity contribution is -0.384. The number of nitrogens with zero attached hydrogens (tertiary/aromatic N) is 2. The number of alkyl halides is 3. The molecule has 0 atom stereocenters. The number of aromatic nitrogens is 1. The Labute approximate surface area is 197 Å². The highest BCUT2D eigenvalue weighted by Crippen LogP contribution is 2.38. The van der Waals surface area contributed by atoms with E-state index in [0.717, 1.165) is 6.07 Å². The minimum atomic E-state index is -4.61. The molecule has 8 nitrogen and oxygen atoms in total. The Morgan fingerprint density at radius 3 is 2.52 bits per heavy atom. The van der Waals surface area contributed by atoms with Crippen LogP contribution in [-0.2, 0) is 6.18 Å². The predicted molar refractivity (Wildman–Crippen MR) is 116 cm³/mol. The summed E-state index contributed by atoms with van der Waals surface area (Å²) in [6.07, 6.45) is -4.03. The number of amides is 1. The first-order valence-corrected chi connectivity index (χ1v) is 10.0. The Hall–Kier alpha value is -3.38. The van der Waals surface area contributed by atoms with E-state index >= 15 is 0 Å². The fourth-order valence-corrected chi connectivity index (χ4v) is 3.22. The van der Waals surface area contributed by atoms with Crippen molar-refractivity contribution in [3.8, 4) is 17.4 Å². The maximum Gasteiger partial charge on any atom is 0.417 e. The topological polar surface area (TPSA) is 104 Å². The molecule has 0 aliphatic heterocycles. The molecule has 0 radical (unpaired) electrons. The summed E-state index contributed by atoms with van der Waals surface area (Å²) >= 11 is 9.04. The van der Waals surface area contributed by atoms with Gasteiger partial charge in [0.05, 0.1) is 23.2 Å². The van der Waals surface area contributed by atoms with Gasteiger partial charge < -0.3 is 14.8 Å². The van der Waals surface area contributed by atoms with Gasteiger partial charge in [-0.3, -0.25) is 14.9 Å². The van der Waals surface area contributed by atoms with Crippen molar-refractivity contribution in [3.05, 3.63) is 79.4 Å². The van der Waals surface area contributed by atoms with Crippen LogP contribution in [0.25, 0.3) is 0 Å². The zero-order chi connectivity index (χ0) is 24.3. The van der Waals surface area contributed by atoms with Gasteiger partial charge in [0.25, 0.3) is 11.6 Å². The van der Waals surface area contributed by atoms with Crippen molar-refractivity contribution in [2.24, 2.45) is 0 Å². The first kappa shape index (κ1) is 24.3. The Morgan fingerprint density at radius 2 is 1.91 bits per heavy atom. The number of nitrogens with one attached hydrogen (secondary N) is 1. The molecule has 3 aromatic rings. The van der Waals surface area contributed by atoms with E-state index in [9.17, 15) is 28.1 Å². The van der Waals surface area contributed by atoms with E-state index in [1.807, 2.05) is 0 Å². The fourth-order valence-electron chi connectivity index (χ4n) is 2.59. The Bertz CT molecular complexity index is 1240. The van der Waals surface area contributed by atoms with Crippen molar-refractivity contribution in [1.29, 1.82) is 0 Å². The van der Waals surface area contributed by atoms with Crippen LogP contribution in [0.3, 0.4) is 0 Å². The molecule has 13 heteroatoms. The third-order valence-corrected chi connectivity index (χ3v) is 5.13. The maximum absolute atomic E-state index is 12.8. The van der Waals surface area contributed by atoms with Crippen LogP contribution in [0.4, 0.5) is 24.5 Å². The predicted octanol–water partition coefficient (Wildman–Crippen LogP) is 6.48. The standard InChI is InChI=1S/C20H12BrClF3N3O5/c1-32-17-7-11(27-18(29)13-8-12(28(30)31)3-4-14(13)21)2-5-16(17)33-19-15(22)6-10(9-26-19)20(23,24)25/h2-9H,1H3,(H,27,29). The van der Waals surface area contributed by atoms with Gasteiger partial charge in [-0.1, -0.05) is 11.6 Å². The summed E-state index contributed by atoms with van der Waals surface area (Å²) in [5, 5.41) is 13.2. The lowest BCUT2D eigenvalue weighted by atomic mass is 10.2. The number of nitro groups is 1. The Balaban J connectivity index is 1.83. The summed E-state index contributed by atoms with van der Waals surface area (Å²) in [5.74, 6) is -0.723. The highest BCUT2D eigenvalue weighted by molar-refractivity contribution is 9.10. The second kappa shape index (κ2) is 9.63. The number of rotatable bonds is 6. The fraction of sp³-hybridized carbons (Fsp3) is 0.100. The molecule has 0 fully saturated rings. The first-order chi connectivity index (χ1) is 15.5. The number of pyridine rings is 1. The molecule has 0 unspecified atom stereocenters. The van der Waals surface area contributed by atoms with Gasteiger partial charge in [0.2, 0.25) is 5.88 Å². The van der Waals surface area contributed by atoms with Gasteiger partial charge in [-0.15, -0.1) is 0 Å². The number of halogens is 5.